The zero-order valence-electron chi connectivity index (χ0n) is 10.2. The fourth-order valence-corrected chi connectivity index (χ4v) is 2.94. The Morgan fingerprint density at radius 3 is 2.65 bits per heavy atom. The first-order valence-electron chi connectivity index (χ1n) is 5.81. The lowest BCUT2D eigenvalue weighted by molar-refractivity contribution is -0.137. The molecule has 0 atom stereocenters. The minimum Gasteiger partial charge on any atom is -0.330 e. The maximum atomic E-state index is 13.0. The molecule has 2 N–H and O–H groups in total. The number of hydrogen-bond donors (Lipinski definition) is 1. The lowest BCUT2D eigenvalue weighted by Gasteiger charge is -2.11. The molecule has 0 unspecified atom stereocenters. The number of rotatable bonds is 4. The van der Waals surface area contributed by atoms with E-state index in [0.29, 0.717) is 22.4 Å². The van der Waals surface area contributed by atoms with Crippen LogP contribution >= 0.6 is 27.3 Å². The molecule has 1 aromatic heterocycles. The third-order valence-corrected chi connectivity index (χ3v) is 4.09. The quantitative estimate of drug-likeness (QED) is 0.894. The lowest BCUT2D eigenvalue weighted by Crippen LogP contribution is -2.07. The third kappa shape index (κ3) is 3.56. The SMILES string of the molecule is NCCCc1nnc(-c2ccc(Br)cc2C(F)(F)F)s1. The van der Waals surface area contributed by atoms with E-state index in [0.717, 1.165) is 12.5 Å². The van der Waals surface area contributed by atoms with E-state index in [4.69, 9.17) is 5.73 Å². The smallest absolute Gasteiger partial charge is 0.330 e. The number of hydrogen-bond acceptors (Lipinski definition) is 4. The van der Waals surface area contributed by atoms with Crippen LogP contribution < -0.4 is 5.73 Å². The summed E-state index contributed by atoms with van der Waals surface area (Å²) in [5.41, 5.74) is 4.73. The van der Waals surface area contributed by atoms with Gasteiger partial charge in [-0.15, -0.1) is 10.2 Å². The van der Waals surface area contributed by atoms with Gasteiger partial charge in [0.1, 0.15) is 10.0 Å². The first kappa shape index (κ1) is 15.4. The van der Waals surface area contributed by atoms with Gasteiger partial charge in [-0.2, -0.15) is 13.2 Å². The predicted octanol–water partition coefficient (Wildman–Crippen LogP) is 3.88. The fourth-order valence-electron chi connectivity index (χ4n) is 1.65. The second-order valence-corrected chi connectivity index (χ2v) is 6.06. The van der Waals surface area contributed by atoms with Crippen molar-refractivity contribution in [2.75, 3.05) is 6.54 Å². The van der Waals surface area contributed by atoms with Crippen LogP contribution in [0.5, 0.6) is 0 Å². The average molecular weight is 366 g/mol. The van der Waals surface area contributed by atoms with E-state index in [1.165, 1.54) is 17.4 Å². The molecule has 20 heavy (non-hydrogen) atoms. The molecule has 0 amide bonds. The van der Waals surface area contributed by atoms with Crippen LogP contribution in [-0.2, 0) is 12.6 Å². The van der Waals surface area contributed by atoms with Gasteiger partial charge in [-0.3, -0.25) is 0 Å². The van der Waals surface area contributed by atoms with Crippen molar-refractivity contribution in [1.29, 1.82) is 0 Å². The van der Waals surface area contributed by atoms with Crippen molar-refractivity contribution in [3.63, 3.8) is 0 Å². The Bertz CT molecular complexity index is 598. The topological polar surface area (TPSA) is 51.8 Å². The Kier molecular flexibility index (Phi) is 4.77. The molecule has 0 bridgehead atoms. The van der Waals surface area contributed by atoms with Crippen LogP contribution in [0.3, 0.4) is 0 Å². The summed E-state index contributed by atoms with van der Waals surface area (Å²) >= 11 is 4.22. The summed E-state index contributed by atoms with van der Waals surface area (Å²) in [6, 6.07) is 4.02. The second-order valence-electron chi connectivity index (χ2n) is 4.08. The predicted molar refractivity (Wildman–Crippen MR) is 75.4 cm³/mol. The second kappa shape index (κ2) is 6.19. The maximum absolute atomic E-state index is 13.0. The standard InChI is InChI=1S/C12H11BrF3N3S/c13-7-3-4-8(9(6-7)12(14,15)16)11-19-18-10(20-11)2-1-5-17/h3-4,6H,1-2,5,17H2. The van der Waals surface area contributed by atoms with Gasteiger partial charge in [0.2, 0.25) is 0 Å². The Labute approximate surface area is 126 Å². The van der Waals surface area contributed by atoms with Crippen LogP contribution in [0, 0.1) is 0 Å². The highest BCUT2D eigenvalue weighted by atomic mass is 79.9. The Hall–Kier alpha value is -0.990. The molecule has 0 saturated carbocycles. The Morgan fingerprint density at radius 1 is 1.25 bits per heavy atom. The number of alkyl halides is 3. The van der Waals surface area contributed by atoms with Crippen molar-refractivity contribution in [2.45, 2.75) is 19.0 Å². The highest BCUT2D eigenvalue weighted by Gasteiger charge is 2.34. The summed E-state index contributed by atoms with van der Waals surface area (Å²) < 4.78 is 39.5. The largest absolute Gasteiger partial charge is 0.417 e. The zero-order chi connectivity index (χ0) is 14.8. The molecule has 1 aromatic carbocycles. The molecular weight excluding hydrogens is 355 g/mol. The molecular formula is C12H11BrF3N3S. The van der Waals surface area contributed by atoms with Crippen LogP contribution in [0.15, 0.2) is 22.7 Å². The normalized spacial score (nSPS) is 11.8. The molecule has 2 aromatic rings. The van der Waals surface area contributed by atoms with Gasteiger partial charge in [-0.05, 0) is 25.1 Å². The van der Waals surface area contributed by atoms with Gasteiger partial charge in [0.15, 0.2) is 0 Å². The molecule has 1 heterocycles. The average Bonchev–Trinajstić information content (AvgIpc) is 2.84. The summed E-state index contributed by atoms with van der Waals surface area (Å²) in [7, 11) is 0. The van der Waals surface area contributed by atoms with Gasteiger partial charge < -0.3 is 5.73 Å². The Balaban J connectivity index is 2.39. The summed E-state index contributed by atoms with van der Waals surface area (Å²) in [6.45, 7) is 0.515. The number of aryl methyl sites for hydroxylation is 1. The summed E-state index contributed by atoms with van der Waals surface area (Å²) in [5, 5.41) is 8.74. The van der Waals surface area contributed by atoms with Gasteiger partial charge in [0.25, 0.3) is 0 Å². The summed E-state index contributed by atoms with van der Waals surface area (Å²) in [6.07, 6.45) is -3.06. The van der Waals surface area contributed by atoms with Gasteiger partial charge in [0, 0.05) is 16.5 Å². The van der Waals surface area contributed by atoms with Crippen LogP contribution in [0.1, 0.15) is 17.0 Å². The first-order valence-corrected chi connectivity index (χ1v) is 7.42. The molecule has 0 aliphatic heterocycles. The number of nitrogens with two attached hydrogens (primary N) is 1. The molecule has 108 valence electrons. The number of nitrogens with zero attached hydrogens (tertiary/aromatic N) is 2. The van der Waals surface area contributed by atoms with Crippen molar-refractivity contribution in [3.8, 4) is 10.6 Å². The van der Waals surface area contributed by atoms with Gasteiger partial charge >= 0.3 is 6.18 Å². The minimum atomic E-state index is -4.43. The molecule has 8 heteroatoms. The molecule has 0 fully saturated rings. The number of benzene rings is 1. The monoisotopic (exact) mass is 365 g/mol. The first-order chi connectivity index (χ1) is 9.41. The van der Waals surface area contributed by atoms with Crippen molar-refractivity contribution < 1.29 is 13.2 Å². The number of aromatic nitrogens is 2. The fraction of sp³-hybridized carbons (Fsp3) is 0.333. The zero-order valence-corrected chi connectivity index (χ0v) is 12.6. The number of halogens is 4. The van der Waals surface area contributed by atoms with E-state index in [9.17, 15) is 13.2 Å². The van der Waals surface area contributed by atoms with Crippen LogP contribution in [0.2, 0.25) is 0 Å². The van der Waals surface area contributed by atoms with Crippen LogP contribution in [-0.4, -0.2) is 16.7 Å². The molecule has 0 aliphatic rings. The molecule has 0 radical (unpaired) electrons. The van der Waals surface area contributed by atoms with E-state index in [2.05, 4.69) is 26.1 Å². The van der Waals surface area contributed by atoms with Crippen molar-refractivity contribution in [1.82, 2.24) is 10.2 Å². The van der Waals surface area contributed by atoms with Gasteiger partial charge in [-0.1, -0.05) is 33.3 Å². The molecule has 3 nitrogen and oxygen atoms in total. The molecule has 0 aliphatic carbocycles. The maximum Gasteiger partial charge on any atom is 0.417 e. The van der Waals surface area contributed by atoms with Crippen LogP contribution in [0.25, 0.3) is 10.6 Å². The third-order valence-electron chi connectivity index (χ3n) is 2.58. The summed E-state index contributed by atoms with van der Waals surface area (Å²) in [4.78, 5) is 0. The van der Waals surface area contributed by atoms with E-state index >= 15 is 0 Å². The summed E-state index contributed by atoms with van der Waals surface area (Å²) in [5.74, 6) is 0. The molecule has 0 spiro atoms. The van der Waals surface area contributed by atoms with E-state index in [1.807, 2.05) is 0 Å². The minimum absolute atomic E-state index is 0.0530. The van der Waals surface area contributed by atoms with Gasteiger partial charge in [0.05, 0.1) is 5.56 Å². The Morgan fingerprint density at radius 2 is 2.00 bits per heavy atom. The van der Waals surface area contributed by atoms with Crippen molar-refractivity contribution >= 4 is 27.3 Å². The van der Waals surface area contributed by atoms with Crippen molar-refractivity contribution in [3.05, 3.63) is 33.2 Å². The highest BCUT2D eigenvalue weighted by molar-refractivity contribution is 9.10. The van der Waals surface area contributed by atoms with Crippen LogP contribution in [0.4, 0.5) is 13.2 Å². The van der Waals surface area contributed by atoms with Crippen molar-refractivity contribution in [2.24, 2.45) is 5.73 Å². The lowest BCUT2D eigenvalue weighted by atomic mass is 10.1. The van der Waals surface area contributed by atoms with Gasteiger partial charge in [-0.25, -0.2) is 0 Å². The molecule has 0 saturated heterocycles. The van der Waals surface area contributed by atoms with E-state index < -0.39 is 11.7 Å². The molecule has 2 rings (SSSR count). The van der Waals surface area contributed by atoms with E-state index in [1.54, 1.807) is 6.07 Å². The highest BCUT2D eigenvalue weighted by Crippen LogP contribution is 2.39. The van der Waals surface area contributed by atoms with E-state index in [-0.39, 0.29) is 10.6 Å².